The van der Waals surface area contributed by atoms with Gasteiger partial charge in [0.2, 0.25) is 0 Å². The Morgan fingerprint density at radius 2 is 2.14 bits per heavy atom. The molecule has 21 heavy (non-hydrogen) atoms. The fourth-order valence-electron chi connectivity index (χ4n) is 2.68. The number of benzene rings is 2. The molecule has 0 saturated heterocycles. The van der Waals surface area contributed by atoms with Crippen LogP contribution in [0.5, 0.6) is 5.75 Å². The van der Waals surface area contributed by atoms with Crippen LogP contribution in [0.15, 0.2) is 47.4 Å². The number of nitrogens with one attached hydrogen (secondary N) is 1. The summed E-state index contributed by atoms with van der Waals surface area (Å²) in [5.74, 6) is 2.06. The molecule has 2 nitrogen and oxygen atoms in total. The maximum absolute atomic E-state index is 6.03. The van der Waals surface area contributed by atoms with Gasteiger partial charge in [-0.2, -0.15) is 0 Å². The van der Waals surface area contributed by atoms with Crippen molar-refractivity contribution >= 4 is 11.8 Å². The Labute approximate surface area is 130 Å². The first-order valence-electron chi connectivity index (χ1n) is 7.37. The van der Waals surface area contributed by atoms with E-state index < -0.39 is 0 Å². The molecule has 0 amide bonds. The number of hydrogen-bond acceptors (Lipinski definition) is 3. The molecule has 2 aromatic rings. The van der Waals surface area contributed by atoms with Crippen LogP contribution in [0.2, 0.25) is 0 Å². The molecule has 0 saturated carbocycles. The molecule has 3 heteroatoms. The largest absolute Gasteiger partial charge is 0.489 e. The Morgan fingerprint density at radius 1 is 1.24 bits per heavy atom. The number of ether oxygens (including phenoxy) is 1. The Bertz CT molecular complexity index is 626. The van der Waals surface area contributed by atoms with Gasteiger partial charge in [0.05, 0.1) is 0 Å². The third kappa shape index (κ3) is 3.60. The fourth-order valence-corrected chi connectivity index (χ4v) is 3.65. The average Bonchev–Trinajstić information content (AvgIpc) is 2.88. The zero-order valence-corrected chi connectivity index (χ0v) is 13.4. The van der Waals surface area contributed by atoms with E-state index in [1.807, 2.05) is 18.8 Å². The lowest BCUT2D eigenvalue weighted by Gasteiger charge is -2.11. The second kappa shape index (κ2) is 6.54. The van der Waals surface area contributed by atoms with Crippen molar-refractivity contribution in [2.24, 2.45) is 0 Å². The van der Waals surface area contributed by atoms with Crippen LogP contribution in [-0.2, 0) is 13.0 Å². The second-order valence-corrected chi connectivity index (χ2v) is 6.64. The predicted molar refractivity (Wildman–Crippen MR) is 89.2 cm³/mol. The van der Waals surface area contributed by atoms with Crippen LogP contribution in [0.1, 0.15) is 16.7 Å². The smallest absolute Gasteiger partial charge is 0.123 e. The van der Waals surface area contributed by atoms with E-state index in [0.717, 1.165) is 24.5 Å². The van der Waals surface area contributed by atoms with Crippen molar-refractivity contribution in [1.29, 1.82) is 0 Å². The summed E-state index contributed by atoms with van der Waals surface area (Å²) in [6, 6.07) is 15.2. The molecule has 1 heterocycles. The zero-order valence-electron chi connectivity index (χ0n) is 12.6. The monoisotopic (exact) mass is 299 g/mol. The van der Waals surface area contributed by atoms with Crippen LogP contribution in [0.3, 0.4) is 0 Å². The van der Waals surface area contributed by atoms with Crippen molar-refractivity contribution in [3.63, 3.8) is 0 Å². The highest BCUT2D eigenvalue weighted by Gasteiger charge is 2.22. The quantitative estimate of drug-likeness (QED) is 0.848. The third-order valence-electron chi connectivity index (χ3n) is 3.67. The number of hydrogen-bond donors (Lipinski definition) is 1. The minimum Gasteiger partial charge on any atom is -0.489 e. The maximum atomic E-state index is 6.03. The van der Waals surface area contributed by atoms with Gasteiger partial charge >= 0.3 is 0 Å². The third-order valence-corrected chi connectivity index (χ3v) is 4.80. The van der Waals surface area contributed by atoms with Gasteiger partial charge in [0.25, 0.3) is 0 Å². The van der Waals surface area contributed by atoms with E-state index in [4.69, 9.17) is 4.74 Å². The molecule has 1 N–H and O–H groups in total. The van der Waals surface area contributed by atoms with Crippen LogP contribution in [0.4, 0.5) is 0 Å². The number of aryl methyl sites for hydroxylation is 1. The summed E-state index contributed by atoms with van der Waals surface area (Å²) in [5.41, 5.74) is 3.99. The van der Waals surface area contributed by atoms with E-state index in [1.165, 1.54) is 21.6 Å². The highest BCUT2D eigenvalue weighted by molar-refractivity contribution is 7.99. The van der Waals surface area contributed by atoms with E-state index in [9.17, 15) is 0 Å². The van der Waals surface area contributed by atoms with Gasteiger partial charge in [-0.25, -0.2) is 0 Å². The topological polar surface area (TPSA) is 21.3 Å². The normalized spacial score (nSPS) is 16.6. The standard InChI is InChI=1S/C18H21NOS/c1-13-6-7-18-15(8-13)10-16(20-18)12-21-17-5-3-4-14(9-17)11-19-2/h3-9,16,19H,10-12H2,1-2H3. The molecule has 0 aromatic heterocycles. The molecule has 0 fully saturated rings. The molecule has 1 aliphatic heterocycles. The van der Waals surface area contributed by atoms with E-state index in [1.54, 1.807) is 0 Å². The Morgan fingerprint density at radius 3 is 3.00 bits per heavy atom. The van der Waals surface area contributed by atoms with E-state index in [-0.39, 0.29) is 0 Å². The van der Waals surface area contributed by atoms with Gasteiger partial charge in [-0.1, -0.05) is 29.8 Å². The van der Waals surface area contributed by atoms with Gasteiger partial charge in [0.1, 0.15) is 11.9 Å². The average molecular weight is 299 g/mol. The van der Waals surface area contributed by atoms with Gasteiger partial charge < -0.3 is 10.1 Å². The highest BCUT2D eigenvalue weighted by Crippen LogP contribution is 2.32. The van der Waals surface area contributed by atoms with Gasteiger partial charge in [0, 0.05) is 23.6 Å². The van der Waals surface area contributed by atoms with E-state index in [2.05, 4.69) is 54.7 Å². The molecule has 0 aliphatic carbocycles. The van der Waals surface area contributed by atoms with Crippen LogP contribution in [0.25, 0.3) is 0 Å². The van der Waals surface area contributed by atoms with Crippen LogP contribution < -0.4 is 10.1 Å². The van der Waals surface area contributed by atoms with Gasteiger partial charge in [0.15, 0.2) is 0 Å². The molecule has 110 valence electrons. The van der Waals surface area contributed by atoms with Crippen LogP contribution in [0, 0.1) is 6.92 Å². The number of fused-ring (bicyclic) bond motifs is 1. The molecule has 1 unspecified atom stereocenters. The van der Waals surface area contributed by atoms with Gasteiger partial charge in [-0.3, -0.25) is 0 Å². The lowest BCUT2D eigenvalue weighted by molar-refractivity contribution is 0.259. The minimum atomic E-state index is 0.291. The molecule has 3 rings (SSSR count). The summed E-state index contributed by atoms with van der Waals surface area (Å²) in [6.45, 7) is 3.05. The van der Waals surface area contributed by atoms with Crippen LogP contribution in [-0.4, -0.2) is 18.9 Å². The lowest BCUT2D eigenvalue weighted by atomic mass is 10.1. The van der Waals surface area contributed by atoms with E-state index >= 15 is 0 Å². The van der Waals surface area contributed by atoms with Crippen molar-refractivity contribution in [3.8, 4) is 5.75 Å². The molecule has 1 atom stereocenters. The first kappa shape index (κ1) is 14.5. The Kier molecular flexibility index (Phi) is 4.51. The Hall–Kier alpha value is -1.45. The first-order chi connectivity index (χ1) is 10.2. The lowest BCUT2D eigenvalue weighted by Crippen LogP contribution is -2.15. The maximum Gasteiger partial charge on any atom is 0.123 e. The molecule has 1 aliphatic rings. The van der Waals surface area contributed by atoms with E-state index in [0.29, 0.717) is 6.10 Å². The molecule has 0 spiro atoms. The number of thioether (sulfide) groups is 1. The summed E-state index contributed by atoms with van der Waals surface area (Å²) in [7, 11) is 1.98. The van der Waals surface area contributed by atoms with Crippen LogP contribution >= 0.6 is 11.8 Å². The summed E-state index contributed by atoms with van der Waals surface area (Å²) < 4.78 is 6.03. The predicted octanol–water partition coefficient (Wildman–Crippen LogP) is 3.81. The second-order valence-electron chi connectivity index (χ2n) is 5.54. The van der Waals surface area contributed by atoms with Gasteiger partial charge in [-0.15, -0.1) is 11.8 Å². The minimum absolute atomic E-state index is 0.291. The SMILES string of the molecule is CNCc1cccc(SCC2Cc3cc(C)ccc3O2)c1. The zero-order chi connectivity index (χ0) is 14.7. The van der Waals surface area contributed by atoms with Crippen molar-refractivity contribution in [3.05, 3.63) is 59.2 Å². The molecular formula is C18H21NOS. The Balaban J connectivity index is 1.58. The van der Waals surface area contributed by atoms with Gasteiger partial charge in [-0.05, 0) is 43.3 Å². The molecule has 0 bridgehead atoms. The highest BCUT2D eigenvalue weighted by atomic mass is 32.2. The number of rotatable bonds is 5. The first-order valence-corrected chi connectivity index (χ1v) is 8.35. The van der Waals surface area contributed by atoms with Crippen molar-refractivity contribution in [2.45, 2.75) is 30.9 Å². The van der Waals surface area contributed by atoms with Crippen molar-refractivity contribution in [1.82, 2.24) is 5.32 Å². The molecule has 0 radical (unpaired) electrons. The fraction of sp³-hybridized carbons (Fsp3) is 0.333. The summed E-state index contributed by atoms with van der Waals surface area (Å²) in [6.07, 6.45) is 1.32. The van der Waals surface area contributed by atoms with Crippen molar-refractivity contribution in [2.75, 3.05) is 12.8 Å². The summed E-state index contributed by atoms with van der Waals surface area (Å²) in [4.78, 5) is 1.32. The molecule has 2 aromatic carbocycles. The summed E-state index contributed by atoms with van der Waals surface area (Å²) in [5, 5.41) is 3.19. The molecular weight excluding hydrogens is 278 g/mol. The van der Waals surface area contributed by atoms with Crippen molar-refractivity contribution < 1.29 is 4.74 Å². The summed E-state index contributed by atoms with van der Waals surface area (Å²) >= 11 is 1.88.